The van der Waals surface area contributed by atoms with Gasteiger partial charge in [0.2, 0.25) is 0 Å². The summed E-state index contributed by atoms with van der Waals surface area (Å²) in [6.45, 7) is 31.7. The summed E-state index contributed by atoms with van der Waals surface area (Å²) in [5.41, 5.74) is 2.89. The van der Waals surface area contributed by atoms with Crippen molar-refractivity contribution in [3.63, 3.8) is 0 Å². The number of carbonyl (C=O) groups is 1. The van der Waals surface area contributed by atoms with Gasteiger partial charge in [0.05, 0.1) is 65.9 Å². The van der Waals surface area contributed by atoms with E-state index in [0.717, 1.165) is 97.9 Å². The first-order chi connectivity index (χ1) is 45.7. The zero-order valence-corrected chi connectivity index (χ0v) is 85.2. The molecule has 0 amide bonds. The molecule has 3 aliphatic heterocycles. The van der Waals surface area contributed by atoms with Gasteiger partial charge in [-0.05, 0) is 59.2 Å². The molecule has 4 aliphatic rings. The average molecular weight is 2450 g/mol. The molecular weight excluding hydrogens is 2310 g/mol. The van der Waals surface area contributed by atoms with Crippen molar-refractivity contribution < 1.29 is 257 Å². The van der Waals surface area contributed by atoms with Crippen LogP contribution in [-0.4, -0.2) is 340 Å². The first-order valence-electron chi connectivity index (χ1n) is 34.1. The third-order valence-electron chi connectivity index (χ3n) is 16.1. The number of nitrogens with zero attached hydrogens (tertiary/aromatic N) is 1. The number of aliphatic carboxylic acids is 1. The summed E-state index contributed by atoms with van der Waals surface area (Å²) >= 11 is 0.0139. The molecular formula is C61H139Ac4Cl4Mn2N17O11. The van der Waals surface area contributed by atoms with Crippen molar-refractivity contribution in [3.05, 3.63) is 0 Å². The molecule has 21 N–H and O–H groups in total. The molecule has 0 aromatic heterocycles. The Hall–Kier alpha value is 6.40. The van der Waals surface area contributed by atoms with E-state index >= 15 is 0 Å². The van der Waals surface area contributed by atoms with Gasteiger partial charge >= 0.3 is 72.6 Å². The third kappa shape index (κ3) is 74.3. The van der Waals surface area contributed by atoms with Crippen LogP contribution in [0.5, 0.6) is 0 Å². The molecule has 13 atom stereocenters. The van der Waals surface area contributed by atoms with Crippen LogP contribution in [0.2, 0.25) is 0 Å². The standard InChI is InChI=1S/C22H46N6O3.C18H41N5O4.C14H33N5O4.C6H15N.CH4.4Ac.4ClH.2Mn/c1-17-14-25-18(2)15-26-19(6-5-10-28-31-13-9-22(29)30)16-27-21-8-4-3-7-20(21)24-12-11-23-17;1-24-11-15-7-19-5-6-20-16(12-25-2)8-22-18(14-27-4)10-23-17(9-21-15)13-26-3;20-7-11-3-15-1-2-16-12(8-21)4-18-14(10-23)6-19-13(9-22)5-17-11;1-4-7(5-2)6-3;;;;;;;;;;;/h17-21,23-28H,3-16H2,1-2H3,(H,29,30);15-23H,5-14H2,1-4H3;11-23H,1-10H2;4-6H2,1-3H3;1H4;;;;;4*1H;;/q;;;;;;;;;;;;;2*+2/p-4/t17-,18+,19-,20?,21?;15-,16+,17+,18-;11-,12+,13+,14-;;;;;;;;;;;;/m000............/s1. The summed E-state index contributed by atoms with van der Waals surface area (Å²) < 4.78 is 21.5. The number of rotatable bonds is 23. The van der Waals surface area contributed by atoms with Gasteiger partial charge in [-0.2, -0.15) is 0 Å². The number of methoxy groups -OCH3 is 4. The van der Waals surface area contributed by atoms with Crippen LogP contribution in [0.4, 0.5) is 0 Å². The van der Waals surface area contributed by atoms with Crippen LogP contribution in [0.1, 0.15) is 87.0 Å². The fraction of sp³-hybridized carbons (Fsp3) is 0.984. The summed E-state index contributed by atoms with van der Waals surface area (Å²) in [5, 5.41) is 98.8. The van der Waals surface area contributed by atoms with E-state index in [0.29, 0.717) is 89.4 Å². The van der Waals surface area contributed by atoms with Crippen LogP contribution in [-0.2, 0) is 54.8 Å². The van der Waals surface area contributed by atoms with Crippen molar-refractivity contribution in [2.45, 2.75) is 166 Å². The van der Waals surface area contributed by atoms with E-state index in [1.54, 1.807) is 28.4 Å². The van der Waals surface area contributed by atoms with Gasteiger partial charge < -0.3 is 134 Å². The molecule has 0 bridgehead atoms. The number of hydrogen-bond donors (Lipinski definition) is 21. The summed E-state index contributed by atoms with van der Waals surface area (Å²) in [6.07, 6.45) is 7.15. The van der Waals surface area contributed by atoms with Crippen molar-refractivity contribution in [3.8, 4) is 0 Å². The van der Waals surface area contributed by atoms with Crippen molar-refractivity contribution in [1.82, 2.24) is 90.1 Å². The SMILES string of the molecule is C.CCN(CC)CC.COC[C@H]1CN[C@H](COC)CN[C@@H](COC)CN[C@H](COC)CNCCN1.C[C@@H]1CN[C@@H](CCCNOCCC(=O)O)CNC2CCCCC2NCCN[C@@H](C)CN1.OC[C@@H]1CNCCN[C@@H](CO)CN[C@H](CO)CN[C@@H](CO)CN1.[Ac].[Ac].[Ac].[Ac].[Cl][Mn][Cl].[Cl][Mn][Cl]. The number of hydroxylamine groups is 1. The monoisotopic (exact) mass is 2440 g/mol. The first kappa shape index (κ1) is 119. The Morgan fingerprint density at radius 2 is 0.778 bits per heavy atom. The summed E-state index contributed by atoms with van der Waals surface area (Å²) in [6, 6.07) is 2.81. The van der Waals surface area contributed by atoms with E-state index in [4.69, 9.17) is 69.3 Å². The Labute approximate surface area is 772 Å². The second-order valence-corrected chi connectivity index (χ2v) is 27.7. The quantitative estimate of drug-likeness (QED) is 0.0309. The van der Waals surface area contributed by atoms with Gasteiger partial charge in [-0.15, -0.1) is 0 Å². The van der Waals surface area contributed by atoms with Gasteiger partial charge in [-0.1, -0.05) is 41.0 Å². The predicted octanol–water partition coefficient (Wildman–Crippen LogP) is -1.68. The second kappa shape index (κ2) is 89.9. The third-order valence-corrected chi connectivity index (χ3v) is 16.1. The molecule has 38 heteroatoms. The number of aliphatic hydroxyl groups excluding tert-OH is 4. The first-order valence-corrected chi connectivity index (χ1v) is 40.6. The van der Waals surface area contributed by atoms with E-state index in [-0.39, 0.29) is 298 Å². The molecule has 3 heterocycles. The Balaban J connectivity index is -0.000000231. The van der Waals surface area contributed by atoms with Gasteiger partial charge in [-0.25, -0.2) is 5.48 Å². The molecule has 0 spiro atoms. The Kier molecular flexibility index (Phi) is 108. The molecule has 2 unspecified atom stereocenters. The fourth-order valence-corrected chi connectivity index (χ4v) is 10.5. The van der Waals surface area contributed by atoms with Gasteiger partial charge in [-0.3, -0.25) is 4.79 Å². The second-order valence-electron chi connectivity index (χ2n) is 23.8. The topological polar surface area (TPSA) is 360 Å². The normalized spacial score (nSPS) is 26.8. The number of carboxylic acid groups (broad SMARTS) is 1. The summed E-state index contributed by atoms with van der Waals surface area (Å²) in [7, 11) is 26.1. The number of carboxylic acids is 1. The number of fused-ring (bicyclic) bond motifs is 1. The Morgan fingerprint density at radius 3 is 1.20 bits per heavy atom. The van der Waals surface area contributed by atoms with Crippen molar-refractivity contribution in [2.75, 3.05) is 225 Å². The molecule has 99 heavy (non-hydrogen) atoms. The zero-order valence-electron chi connectivity index (χ0n) is 60.9. The van der Waals surface area contributed by atoms with E-state index in [2.05, 4.69) is 125 Å². The zero-order chi connectivity index (χ0) is 70.1. The summed E-state index contributed by atoms with van der Waals surface area (Å²) in [5.74, 6) is -0.837. The minimum absolute atomic E-state index is 0. The number of nitrogens with one attached hydrogen (secondary N) is 16. The molecule has 3 saturated heterocycles. The van der Waals surface area contributed by atoms with Gasteiger partial charge in [0.25, 0.3) is 0 Å². The van der Waals surface area contributed by atoms with E-state index < -0.39 is 5.97 Å². The minimum atomic E-state index is -0.837. The van der Waals surface area contributed by atoms with Crippen LogP contribution in [0, 0.1) is 176 Å². The van der Waals surface area contributed by atoms with Crippen molar-refractivity contribution in [1.29, 1.82) is 0 Å². The van der Waals surface area contributed by atoms with E-state index in [1.165, 1.54) is 45.3 Å². The van der Waals surface area contributed by atoms with Gasteiger partial charge in [0, 0.05) is 401 Å². The van der Waals surface area contributed by atoms with E-state index in [9.17, 15) is 25.2 Å². The van der Waals surface area contributed by atoms with E-state index in [1.807, 2.05) is 0 Å². The van der Waals surface area contributed by atoms with Gasteiger partial charge in [0.15, 0.2) is 0 Å². The average Bonchev–Trinajstić information content (AvgIpc) is 1.53. The maximum atomic E-state index is 10.5. The van der Waals surface area contributed by atoms with Crippen LogP contribution in [0.15, 0.2) is 0 Å². The van der Waals surface area contributed by atoms with Crippen LogP contribution < -0.4 is 85.2 Å². The molecule has 1 aliphatic carbocycles. The number of ether oxygens (including phenoxy) is 4. The molecule has 4 fully saturated rings. The Morgan fingerprint density at radius 1 is 0.455 bits per heavy atom. The Bertz CT molecular complexity index is 1560. The maximum absolute atomic E-state index is 10.5. The molecule has 28 nitrogen and oxygen atoms in total. The summed E-state index contributed by atoms with van der Waals surface area (Å²) in [4.78, 5) is 18.1. The van der Waals surface area contributed by atoms with Gasteiger partial charge in [0.1, 0.15) is 0 Å². The molecule has 0 aromatic carbocycles. The number of aliphatic hydroxyl groups is 4. The number of halogens is 4. The molecule has 0 aromatic rings. The number of hydrogen-bond acceptors (Lipinski definition) is 27. The van der Waals surface area contributed by atoms with Crippen molar-refractivity contribution >= 4 is 46.4 Å². The molecule has 4 rings (SSSR count). The van der Waals surface area contributed by atoms with Crippen LogP contribution in [0.3, 0.4) is 0 Å². The van der Waals surface area contributed by atoms with Crippen LogP contribution in [0.25, 0.3) is 0 Å². The molecule has 1 saturated carbocycles. The van der Waals surface area contributed by atoms with Crippen molar-refractivity contribution in [2.24, 2.45) is 0 Å². The van der Waals surface area contributed by atoms with Crippen LogP contribution >= 0.6 is 40.4 Å². The fourth-order valence-electron chi connectivity index (χ4n) is 10.5. The molecule has 4 radical (unpaired) electrons. The predicted molar refractivity (Wildman–Crippen MR) is 384 cm³/mol. The molecule has 588 valence electrons.